The summed E-state index contributed by atoms with van der Waals surface area (Å²) in [5.74, 6) is -1.25. The van der Waals surface area contributed by atoms with E-state index in [-0.39, 0.29) is 11.5 Å². The normalized spacial score (nSPS) is 15.1. The first-order valence-corrected chi connectivity index (χ1v) is 5.77. The number of carbonyl (C=O) groups excluding carboxylic acids is 1. The number of nitrogens with zero attached hydrogens (tertiary/aromatic N) is 1. The molecule has 0 radical (unpaired) electrons. The van der Waals surface area contributed by atoms with Gasteiger partial charge >= 0.3 is 5.97 Å². The van der Waals surface area contributed by atoms with E-state index >= 15 is 0 Å². The fourth-order valence-electron chi connectivity index (χ4n) is 2.03. The number of carboxylic acids is 1. The average Bonchev–Trinajstić information content (AvgIpc) is 2.79. The minimum absolute atomic E-state index is 0.107. The Hall–Kier alpha value is -2.10. The lowest BCUT2D eigenvalue weighted by atomic mass is 10.1. The number of fused-ring (bicyclic) bond motifs is 1. The number of hydrogen-bond acceptors (Lipinski definition) is 2. The van der Waals surface area contributed by atoms with Gasteiger partial charge in [-0.05, 0) is 25.0 Å². The first kappa shape index (κ1) is 12.4. The highest BCUT2D eigenvalue weighted by Gasteiger charge is 2.25. The van der Waals surface area contributed by atoms with Crippen molar-refractivity contribution < 1.29 is 14.7 Å². The lowest BCUT2D eigenvalue weighted by Gasteiger charge is -2.16. The minimum atomic E-state index is -1.04. The summed E-state index contributed by atoms with van der Waals surface area (Å²) in [6.07, 6.45) is 0. The molecule has 0 fully saturated rings. The molecule has 1 heterocycles. The van der Waals surface area contributed by atoms with Crippen molar-refractivity contribution in [1.82, 2.24) is 4.90 Å². The van der Waals surface area contributed by atoms with Crippen LogP contribution in [0.4, 0.5) is 0 Å². The third-order valence-electron chi connectivity index (χ3n) is 3.33. The standard InChI is InChI=1S/C14H15NO3/c1-9(10(2)14(17)18)13(16)15-7-11-5-3-4-6-12(11)8-15/h3-6H,7-8H2,1-2H3,(H,17,18)/b10-9-. The van der Waals surface area contributed by atoms with E-state index in [4.69, 9.17) is 5.11 Å². The van der Waals surface area contributed by atoms with Gasteiger partial charge in [-0.3, -0.25) is 4.79 Å². The zero-order valence-electron chi connectivity index (χ0n) is 10.4. The fourth-order valence-corrected chi connectivity index (χ4v) is 2.03. The molecule has 0 saturated carbocycles. The molecule has 1 N–H and O–H groups in total. The SMILES string of the molecule is C/C(C(=O)O)=C(\C)C(=O)N1Cc2ccccc2C1. The van der Waals surface area contributed by atoms with Crippen LogP contribution in [0.15, 0.2) is 35.4 Å². The number of benzene rings is 1. The van der Waals surface area contributed by atoms with Crippen molar-refractivity contribution in [2.24, 2.45) is 0 Å². The van der Waals surface area contributed by atoms with E-state index in [0.29, 0.717) is 18.7 Å². The molecule has 4 nitrogen and oxygen atoms in total. The summed E-state index contributed by atoms with van der Waals surface area (Å²) in [5, 5.41) is 8.89. The molecule has 0 saturated heterocycles. The number of amides is 1. The van der Waals surface area contributed by atoms with E-state index < -0.39 is 5.97 Å². The Labute approximate surface area is 106 Å². The Morgan fingerprint density at radius 2 is 1.56 bits per heavy atom. The highest BCUT2D eigenvalue weighted by Crippen LogP contribution is 2.24. The maximum absolute atomic E-state index is 12.2. The number of carboxylic acid groups (broad SMARTS) is 1. The van der Waals surface area contributed by atoms with E-state index in [1.54, 1.807) is 11.8 Å². The molecule has 0 aromatic heterocycles. The highest BCUT2D eigenvalue weighted by atomic mass is 16.4. The average molecular weight is 245 g/mol. The van der Waals surface area contributed by atoms with Gasteiger partial charge in [0.2, 0.25) is 0 Å². The molecule has 0 spiro atoms. The summed E-state index contributed by atoms with van der Waals surface area (Å²) in [4.78, 5) is 24.7. The molecule has 0 aliphatic carbocycles. The number of rotatable bonds is 2. The van der Waals surface area contributed by atoms with Gasteiger partial charge in [-0.2, -0.15) is 0 Å². The second kappa shape index (κ2) is 4.64. The van der Waals surface area contributed by atoms with Gasteiger partial charge < -0.3 is 10.0 Å². The van der Waals surface area contributed by atoms with Crippen molar-refractivity contribution in [3.63, 3.8) is 0 Å². The molecule has 2 rings (SSSR count). The monoisotopic (exact) mass is 245 g/mol. The van der Waals surface area contributed by atoms with Crippen LogP contribution >= 0.6 is 0 Å². The maximum Gasteiger partial charge on any atom is 0.331 e. The van der Waals surface area contributed by atoms with Gasteiger partial charge in [0, 0.05) is 24.2 Å². The van der Waals surface area contributed by atoms with Crippen LogP contribution in [-0.2, 0) is 22.7 Å². The van der Waals surface area contributed by atoms with Gasteiger partial charge in [0.1, 0.15) is 0 Å². The molecule has 1 aliphatic rings. The molecule has 1 aliphatic heterocycles. The quantitative estimate of drug-likeness (QED) is 0.810. The first-order valence-electron chi connectivity index (χ1n) is 5.77. The molecule has 4 heteroatoms. The molecule has 1 aromatic rings. The zero-order valence-corrected chi connectivity index (χ0v) is 10.4. The van der Waals surface area contributed by atoms with Crippen molar-refractivity contribution in [1.29, 1.82) is 0 Å². The van der Waals surface area contributed by atoms with Crippen molar-refractivity contribution in [3.8, 4) is 0 Å². The summed E-state index contributed by atoms with van der Waals surface area (Å²) in [7, 11) is 0. The third kappa shape index (κ3) is 2.14. The lowest BCUT2D eigenvalue weighted by molar-refractivity contribution is -0.134. The summed E-state index contributed by atoms with van der Waals surface area (Å²) in [5.41, 5.74) is 2.67. The molecular formula is C14H15NO3. The van der Waals surface area contributed by atoms with Crippen LogP contribution in [0.1, 0.15) is 25.0 Å². The molecule has 1 amide bonds. The van der Waals surface area contributed by atoms with E-state index in [1.807, 2.05) is 24.3 Å². The second-order valence-electron chi connectivity index (χ2n) is 4.49. The van der Waals surface area contributed by atoms with Crippen molar-refractivity contribution >= 4 is 11.9 Å². The Kier molecular flexibility index (Phi) is 3.19. The smallest absolute Gasteiger partial charge is 0.331 e. The van der Waals surface area contributed by atoms with Crippen LogP contribution in [0, 0.1) is 0 Å². The predicted octanol–water partition coefficient (Wildman–Crippen LogP) is 1.95. The highest BCUT2D eigenvalue weighted by molar-refractivity contribution is 6.01. The van der Waals surface area contributed by atoms with Crippen LogP contribution in [0.5, 0.6) is 0 Å². The summed E-state index contributed by atoms with van der Waals surface area (Å²) >= 11 is 0. The van der Waals surface area contributed by atoms with Gasteiger partial charge in [-0.1, -0.05) is 24.3 Å². The van der Waals surface area contributed by atoms with E-state index in [2.05, 4.69) is 0 Å². The van der Waals surface area contributed by atoms with Crippen LogP contribution in [0.2, 0.25) is 0 Å². The third-order valence-corrected chi connectivity index (χ3v) is 3.33. The fraction of sp³-hybridized carbons (Fsp3) is 0.286. The van der Waals surface area contributed by atoms with Crippen LogP contribution in [0.25, 0.3) is 0 Å². The van der Waals surface area contributed by atoms with Crippen molar-refractivity contribution in [3.05, 3.63) is 46.5 Å². The summed E-state index contributed by atoms with van der Waals surface area (Å²) in [6.45, 7) is 4.13. The molecule has 18 heavy (non-hydrogen) atoms. The Morgan fingerprint density at radius 1 is 1.06 bits per heavy atom. The van der Waals surface area contributed by atoms with Gasteiger partial charge in [-0.15, -0.1) is 0 Å². The summed E-state index contributed by atoms with van der Waals surface area (Å²) in [6, 6.07) is 7.87. The number of aliphatic carboxylic acids is 1. The topological polar surface area (TPSA) is 57.6 Å². The zero-order chi connectivity index (χ0) is 13.3. The Bertz CT molecular complexity index is 521. The Balaban J connectivity index is 2.20. The van der Waals surface area contributed by atoms with Gasteiger partial charge in [-0.25, -0.2) is 4.79 Å². The largest absolute Gasteiger partial charge is 0.478 e. The second-order valence-corrected chi connectivity index (χ2v) is 4.49. The van der Waals surface area contributed by atoms with Crippen LogP contribution < -0.4 is 0 Å². The number of carbonyl (C=O) groups is 2. The minimum Gasteiger partial charge on any atom is -0.478 e. The molecular weight excluding hydrogens is 230 g/mol. The first-order chi connectivity index (χ1) is 8.50. The summed E-state index contributed by atoms with van der Waals surface area (Å²) < 4.78 is 0. The molecule has 94 valence electrons. The molecule has 0 unspecified atom stereocenters. The number of hydrogen-bond donors (Lipinski definition) is 1. The van der Waals surface area contributed by atoms with Gasteiger partial charge in [0.05, 0.1) is 0 Å². The van der Waals surface area contributed by atoms with Gasteiger partial charge in [0.15, 0.2) is 0 Å². The predicted molar refractivity (Wildman–Crippen MR) is 66.7 cm³/mol. The van der Waals surface area contributed by atoms with Crippen LogP contribution in [0.3, 0.4) is 0 Å². The lowest BCUT2D eigenvalue weighted by Crippen LogP contribution is -2.27. The molecule has 0 atom stereocenters. The van der Waals surface area contributed by atoms with E-state index in [1.165, 1.54) is 6.92 Å². The Morgan fingerprint density at radius 3 is 2.00 bits per heavy atom. The maximum atomic E-state index is 12.2. The van der Waals surface area contributed by atoms with Crippen molar-refractivity contribution in [2.45, 2.75) is 26.9 Å². The van der Waals surface area contributed by atoms with Gasteiger partial charge in [0.25, 0.3) is 5.91 Å². The van der Waals surface area contributed by atoms with Crippen molar-refractivity contribution in [2.75, 3.05) is 0 Å². The van der Waals surface area contributed by atoms with E-state index in [0.717, 1.165) is 11.1 Å². The van der Waals surface area contributed by atoms with Crippen LogP contribution in [-0.4, -0.2) is 21.9 Å². The molecule has 0 bridgehead atoms. The van der Waals surface area contributed by atoms with E-state index in [9.17, 15) is 9.59 Å². The molecule has 1 aromatic carbocycles.